The van der Waals surface area contributed by atoms with Crippen molar-refractivity contribution in [1.82, 2.24) is 21.4 Å². The highest BCUT2D eigenvalue weighted by Crippen LogP contribution is 2.14. The number of carbonyl (C=O) groups excluding carboxylic acids is 2. The van der Waals surface area contributed by atoms with Gasteiger partial charge in [-0.25, -0.2) is 5.48 Å². The molecule has 7 nitrogen and oxygen atoms in total. The summed E-state index contributed by atoms with van der Waals surface area (Å²) in [6, 6.07) is 8.89. The van der Waals surface area contributed by atoms with Gasteiger partial charge in [-0.1, -0.05) is 57.9 Å². The zero-order valence-electron chi connectivity index (χ0n) is 19.7. The predicted octanol–water partition coefficient (Wildman–Crippen LogP) is 3.48. The second-order valence-electron chi connectivity index (χ2n) is 7.95. The molecule has 0 bridgehead atoms. The molecule has 1 aromatic carbocycles. The Hall–Kier alpha value is -1.96. The number of nitrogens with one attached hydrogen (secondary N) is 4. The number of rotatable bonds is 17. The summed E-state index contributed by atoms with van der Waals surface area (Å²) in [6.07, 6.45) is 7.55. The van der Waals surface area contributed by atoms with Crippen LogP contribution in [0.2, 0.25) is 0 Å². The van der Waals surface area contributed by atoms with Gasteiger partial charge in [-0.3, -0.25) is 14.8 Å². The van der Waals surface area contributed by atoms with Gasteiger partial charge in [0.2, 0.25) is 12.3 Å². The average molecular weight is 437 g/mol. The van der Waals surface area contributed by atoms with Crippen molar-refractivity contribution in [3.8, 4) is 0 Å². The summed E-state index contributed by atoms with van der Waals surface area (Å²) < 4.78 is 0. The Kier molecular flexibility index (Phi) is 19.9. The van der Waals surface area contributed by atoms with Crippen molar-refractivity contribution in [2.75, 3.05) is 26.2 Å². The maximum absolute atomic E-state index is 10.3. The van der Waals surface area contributed by atoms with Crippen molar-refractivity contribution in [3.63, 3.8) is 0 Å². The standard InChI is InChI=1S/C18H31N3O.C6H13NO2/c1-16(2)18-8-6-17(7-9-18)14-20-11-4-3-10-19-12-5-13-21-15-22;1-2-3-4-5-6(8)7-9/h6-9,15-16,19-20H,3-5,10-14H2,1-2H3,(H,21,22);9H,2-5H2,1H3,(H,7,8). The molecule has 0 fully saturated rings. The fourth-order valence-corrected chi connectivity index (χ4v) is 2.84. The number of unbranched alkanes of at least 4 members (excludes halogenated alkanes) is 3. The van der Waals surface area contributed by atoms with Crippen LogP contribution < -0.4 is 21.4 Å². The Morgan fingerprint density at radius 2 is 1.58 bits per heavy atom. The van der Waals surface area contributed by atoms with E-state index in [2.05, 4.69) is 61.0 Å². The molecule has 31 heavy (non-hydrogen) atoms. The molecule has 0 saturated carbocycles. The molecule has 2 amide bonds. The number of carbonyl (C=O) groups is 2. The van der Waals surface area contributed by atoms with Crippen molar-refractivity contribution < 1.29 is 14.8 Å². The van der Waals surface area contributed by atoms with Crippen LogP contribution in [0, 0.1) is 0 Å². The summed E-state index contributed by atoms with van der Waals surface area (Å²) in [4.78, 5) is 20.4. The molecule has 7 heteroatoms. The van der Waals surface area contributed by atoms with Gasteiger partial charge in [0.05, 0.1) is 0 Å². The van der Waals surface area contributed by atoms with Crippen LogP contribution in [0.1, 0.15) is 82.8 Å². The van der Waals surface area contributed by atoms with E-state index < -0.39 is 0 Å². The normalized spacial score (nSPS) is 10.4. The third-order valence-electron chi connectivity index (χ3n) is 4.82. The lowest BCUT2D eigenvalue weighted by Gasteiger charge is -2.08. The van der Waals surface area contributed by atoms with Gasteiger partial charge in [0.1, 0.15) is 0 Å². The molecule has 178 valence electrons. The molecule has 1 aromatic rings. The zero-order valence-corrected chi connectivity index (χ0v) is 19.7. The van der Waals surface area contributed by atoms with E-state index in [-0.39, 0.29) is 5.91 Å². The molecule has 0 aliphatic carbocycles. The van der Waals surface area contributed by atoms with E-state index in [1.807, 2.05) is 0 Å². The first-order valence-corrected chi connectivity index (χ1v) is 11.6. The second kappa shape index (κ2) is 21.3. The zero-order chi connectivity index (χ0) is 23.2. The van der Waals surface area contributed by atoms with Crippen LogP contribution in [0.15, 0.2) is 24.3 Å². The molecular weight excluding hydrogens is 392 g/mol. The predicted molar refractivity (Wildman–Crippen MR) is 127 cm³/mol. The number of hydroxylamine groups is 1. The highest BCUT2D eigenvalue weighted by molar-refractivity contribution is 5.74. The minimum absolute atomic E-state index is 0.288. The van der Waals surface area contributed by atoms with Gasteiger partial charge < -0.3 is 16.0 Å². The van der Waals surface area contributed by atoms with E-state index in [9.17, 15) is 9.59 Å². The van der Waals surface area contributed by atoms with E-state index in [1.54, 1.807) is 5.48 Å². The number of hydrogen-bond acceptors (Lipinski definition) is 5. The monoisotopic (exact) mass is 436 g/mol. The van der Waals surface area contributed by atoms with Gasteiger partial charge in [-0.15, -0.1) is 0 Å². The summed E-state index contributed by atoms with van der Waals surface area (Å²) in [5, 5.41) is 17.6. The van der Waals surface area contributed by atoms with Crippen LogP contribution in [0.5, 0.6) is 0 Å². The third-order valence-corrected chi connectivity index (χ3v) is 4.82. The first kappa shape index (κ1) is 29.0. The van der Waals surface area contributed by atoms with Gasteiger partial charge in [-0.05, 0) is 62.4 Å². The van der Waals surface area contributed by atoms with Crippen molar-refractivity contribution in [3.05, 3.63) is 35.4 Å². The Labute approximate surface area is 188 Å². The highest BCUT2D eigenvalue weighted by Gasteiger charge is 1.99. The molecule has 0 aliphatic heterocycles. The Bertz CT molecular complexity index is 550. The van der Waals surface area contributed by atoms with Crippen molar-refractivity contribution in [1.29, 1.82) is 0 Å². The van der Waals surface area contributed by atoms with E-state index >= 15 is 0 Å². The average Bonchev–Trinajstić information content (AvgIpc) is 2.78. The lowest BCUT2D eigenvalue weighted by Crippen LogP contribution is -2.22. The second-order valence-corrected chi connectivity index (χ2v) is 7.95. The summed E-state index contributed by atoms with van der Waals surface area (Å²) in [5.41, 5.74) is 4.34. The molecule has 5 N–H and O–H groups in total. The van der Waals surface area contributed by atoms with Crippen LogP contribution in [0.25, 0.3) is 0 Å². The van der Waals surface area contributed by atoms with E-state index in [0.717, 1.165) is 64.8 Å². The minimum Gasteiger partial charge on any atom is -0.359 e. The molecule has 0 unspecified atom stereocenters. The molecule has 1 rings (SSSR count). The van der Waals surface area contributed by atoms with Crippen molar-refractivity contribution in [2.24, 2.45) is 0 Å². The number of amides is 2. The summed E-state index contributed by atoms with van der Waals surface area (Å²) in [5.74, 6) is 0.312. The molecule has 0 aromatic heterocycles. The van der Waals surface area contributed by atoms with E-state index in [1.165, 1.54) is 24.0 Å². The van der Waals surface area contributed by atoms with Crippen LogP contribution in [-0.2, 0) is 16.1 Å². The molecule has 0 heterocycles. The fourth-order valence-electron chi connectivity index (χ4n) is 2.84. The van der Waals surface area contributed by atoms with Gasteiger partial charge in [0.25, 0.3) is 0 Å². The van der Waals surface area contributed by atoms with Crippen LogP contribution in [0.3, 0.4) is 0 Å². The Morgan fingerprint density at radius 3 is 2.16 bits per heavy atom. The molecule has 0 radical (unpaired) electrons. The number of benzene rings is 1. The molecular formula is C24H44N4O3. The summed E-state index contributed by atoms with van der Waals surface area (Å²) >= 11 is 0. The van der Waals surface area contributed by atoms with E-state index in [4.69, 9.17) is 5.21 Å². The largest absolute Gasteiger partial charge is 0.359 e. The maximum atomic E-state index is 10.3. The van der Waals surface area contributed by atoms with Crippen molar-refractivity contribution >= 4 is 12.3 Å². The fraction of sp³-hybridized carbons (Fsp3) is 0.667. The summed E-state index contributed by atoms with van der Waals surface area (Å²) in [6.45, 7) is 11.3. The van der Waals surface area contributed by atoms with Gasteiger partial charge in [0.15, 0.2) is 0 Å². The van der Waals surface area contributed by atoms with Gasteiger partial charge >= 0.3 is 0 Å². The van der Waals surface area contributed by atoms with Gasteiger partial charge in [-0.2, -0.15) is 0 Å². The highest BCUT2D eigenvalue weighted by atomic mass is 16.5. The first-order valence-electron chi connectivity index (χ1n) is 11.6. The molecule has 0 atom stereocenters. The molecule has 0 spiro atoms. The van der Waals surface area contributed by atoms with Crippen molar-refractivity contribution in [2.45, 2.75) is 78.2 Å². The van der Waals surface area contributed by atoms with Crippen LogP contribution >= 0.6 is 0 Å². The third kappa shape index (κ3) is 18.5. The smallest absolute Gasteiger partial charge is 0.243 e. The van der Waals surface area contributed by atoms with Crippen LogP contribution in [-0.4, -0.2) is 43.7 Å². The lowest BCUT2D eigenvalue weighted by molar-refractivity contribution is -0.129. The van der Waals surface area contributed by atoms with Gasteiger partial charge in [0, 0.05) is 19.5 Å². The molecule has 0 saturated heterocycles. The lowest BCUT2D eigenvalue weighted by atomic mass is 10.0. The first-order chi connectivity index (χ1) is 15.0. The maximum Gasteiger partial charge on any atom is 0.243 e. The topological polar surface area (TPSA) is 102 Å². The van der Waals surface area contributed by atoms with Crippen LogP contribution in [0.4, 0.5) is 0 Å². The molecule has 0 aliphatic rings. The quantitative estimate of drug-likeness (QED) is 0.111. The van der Waals surface area contributed by atoms with E-state index in [0.29, 0.717) is 12.3 Å². The Morgan fingerprint density at radius 1 is 0.935 bits per heavy atom. The number of hydrogen-bond donors (Lipinski definition) is 5. The SMILES string of the molecule is CC(C)c1ccc(CNCCCCNCCCNC=O)cc1.CCCCCC(=O)NO. The minimum atomic E-state index is -0.288. The summed E-state index contributed by atoms with van der Waals surface area (Å²) in [7, 11) is 0. The Balaban J connectivity index is 0.000000842.